The van der Waals surface area contributed by atoms with Crippen LogP contribution in [0.15, 0.2) is 9.98 Å². The van der Waals surface area contributed by atoms with E-state index in [2.05, 4.69) is 23.8 Å². The van der Waals surface area contributed by atoms with E-state index >= 15 is 0 Å². The molecular weight excluding hydrogens is 252 g/mol. The van der Waals surface area contributed by atoms with E-state index in [1.165, 1.54) is 25.7 Å². The molecule has 0 spiro atoms. The summed E-state index contributed by atoms with van der Waals surface area (Å²) >= 11 is 0. The van der Waals surface area contributed by atoms with Crippen LogP contribution in [0.3, 0.4) is 0 Å². The van der Waals surface area contributed by atoms with E-state index in [1.807, 2.05) is 0 Å². The molecule has 4 heteroatoms. The number of rotatable bonds is 3. The van der Waals surface area contributed by atoms with Crippen LogP contribution in [0.5, 0.6) is 0 Å². The Hall–Kier alpha value is -1.24. The molecule has 0 bridgehead atoms. The zero-order valence-corrected chi connectivity index (χ0v) is 12.5. The Morgan fingerprint density at radius 3 is 2.00 bits per heavy atom. The second-order valence-corrected chi connectivity index (χ2v) is 7.25. The normalized spacial score (nSPS) is 36.5. The minimum Gasteiger partial charge on any atom is -0.211 e. The Bertz CT molecular complexity index is 417. The summed E-state index contributed by atoms with van der Waals surface area (Å²) in [5, 5.41) is 0. The van der Waals surface area contributed by atoms with Crippen molar-refractivity contribution in [3.05, 3.63) is 0 Å². The van der Waals surface area contributed by atoms with Crippen molar-refractivity contribution in [3.63, 3.8) is 0 Å². The lowest BCUT2D eigenvalue weighted by molar-refractivity contribution is 0.0966. The molecule has 0 aromatic heterocycles. The van der Waals surface area contributed by atoms with Crippen molar-refractivity contribution in [2.75, 3.05) is 0 Å². The second kappa shape index (κ2) is 6.03. The van der Waals surface area contributed by atoms with Crippen LogP contribution in [0.25, 0.3) is 0 Å². The van der Waals surface area contributed by atoms with Gasteiger partial charge in [0, 0.05) is 0 Å². The molecule has 110 valence electrons. The maximum atomic E-state index is 10.5. The van der Waals surface area contributed by atoms with Gasteiger partial charge >= 0.3 is 0 Å². The summed E-state index contributed by atoms with van der Waals surface area (Å²) in [4.78, 5) is 28.6. The Morgan fingerprint density at radius 1 is 0.900 bits per heavy atom. The summed E-state index contributed by atoms with van der Waals surface area (Å²) in [5.41, 5.74) is -0.399. The first-order chi connectivity index (χ1) is 9.50. The van der Waals surface area contributed by atoms with Gasteiger partial charge in [0.25, 0.3) is 0 Å². The van der Waals surface area contributed by atoms with E-state index in [0.717, 1.165) is 18.8 Å². The van der Waals surface area contributed by atoms with Crippen molar-refractivity contribution >= 4 is 12.2 Å². The Labute approximate surface area is 120 Å². The fourth-order valence-corrected chi connectivity index (χ4v) is 4.15. The summed E-state index contributed by atoms with van der Waals surface area (Å²) in [6.45, 7) is 4.72. The first-order valence-corrected chi connectivity index (χ1v) is 7.68. The highest BCUT2D eigenvalue weighted by molar-refractivity contribution is 5.39. The average molecular weight is 276 g/mol. The van der Waals surface area contributed by atoms with Gasteiger partial charge in [-0.1, -0.05) is 26.7 Å². The van der Waals surface area contributed by atoms with E-state index in [9.17, 15) is 9.59 Å². The fourth-order valence-electron chi connectivity index (χ4n) is 4.15. The standard InChI is InChI=1S/C16H24N2O2/c1-15(2)7-3-4-14(10-15)13-5-8-16(9-6-13,17-11-19)18-12-20/h13-14H,3-10H2,1-2H3. The maximum Gasteiger partial charge on any atom is 0.237 e. The van der Waals surface area contributed by atoms with Crippen LogP contribution in [-0.2, 0) is 9.59 Å². The minimum atomic E-state index is -0.857. The number of isocyanates is 2. The van der Waals surface area contributed by atoms with Crippen molar-refractivity contribution in [2.45, 2.75) is 70.9 Å². The number of nitrogens with zero attached hydrogens (tertiary/aromatic N) is 2. The van der Waals surface area contributed by atoms with E-state index in [-0.39, 0.29) is 0 Å². The molecular formula is C16H24N2O2. The van der Waals surface area contributed by atoms with Crippen LogP contribution < -0.4 is 0 Å². The third kappa shape index (κ3) is 3.45. The van der Waals surface area contributed by atoms with E-state index in [0.29, 0.717) is 24.2 Å². The van der Waals surface area contributed by atoms with Crippen LogP contribution in [0, 0.1) is 17.3 Å². The highest BCUT2D eigenvalue weighted by atomic mass is 16.1. The van der Waals surface area contributed by atoms with Crippen LogP contribution in [0.1, 0.15) is 65.2 Å². The molecule has 0 aromatic rings. The molecule has 0 heterocycles. The predicted octanol–water partition coefficient (Wildman–Crippen LogP) is 3.76. The highest BCUT2D eigenvalue weighted by Crippen LogP contribution is 2.47. The van der Waals surface area contributed by atoms with Gasteiger partial charge in [0.2, 0.25) is 12.2 Å². The lowest BCUT2D eigenvalue weighted by Crippen LogP contribution is -2.35. The van der Waals surface area contributed by atoms with Crippen LogP contribution in [0.4, 0.5) is 0 Å². The van der Waals surface area contributed by atoms with Crippen molar-refractivity contribution < 1.29 is 9.59 Å². The number of hydrogen-bond acceptors (Lipinski definition) is 4. The Balaban J connectivity index is 2.00. The highest BCUT2D eigenvalue weighted by Gasteiger charge is 2.40. The topological polar surface area (TPSA) is 58.9 Å². The molecule has 2 fully saturated rings. The molecule has 4 nitrogen and oxygen atoms in total. The van der Waals surface area contributed by atoms with Gasteiger partial charge in [-0.25, -0.2) is 9.59 Å². The first kappa shape index (κ1) is 15.2. The Kier molecular flexibility index (Phi) is 4.57. The van der Waals surface area contributed by atoms with Crippen LogP contribution in [-0.4, -0.2) is 17.8 Å². The molecule has 0 aliphatic heterocycles. The summed E-state index contributed by atoms with van der Waals surface area (Å²) < 4.78 is 0. The lowest BCUT2D eigenvalue weighted by atomic mass is 9.64. The Morgan fingerprint density at radius 2 is 1.50 bits per heavy atom. The lowest BCUT2D eigenvalue weighted by Gasteiger charge is -2.42. The van der Waals surface area contributed by atoms with Crippen LogP contribution >= 0.6 is 0 Å². The summed E-state index contributed by atoms with van der Waals surface area (Å²) in [6.07, 6.45) is 11.7. The third-order valence-electron chi connectivity index (χ3n) is 5.25. The quantitative estimate of drug-likeness (QED) is 0.582. The van der Waals surface area contributed by atoms with Crippen molar-refractivity contribution in [1.82, 2.24) is 0 Å². The van der Waals surface area contributed by atoms with Crippen LogP contribution in [0.2, 0.25) is 0 Å². The summed E-state index contributed by atoms with van der Waals surface area (Å²) in [5.74, 6) is 1.46. The second-order valence-electron chi connectivity index (χ2n) is 7.25. The monoisotopic (exact) mass is 276 g/mol. The third-order valence-corrected chi connectivity index (χ3v) is 5.25. The van der Waals surface area contributed by atoms with Gasteiger partial charge in [0.1, 0.15) is 0 Å². The zero-order chi connectivity index (χ0) is 14.6. The number of hydrogen-bond donors (Lipinski definition) is 0. The molecule has 0 saturated heterocycles. The molecule has 2 aliphatic rings. The van der Waals surface area contributed by atoms with E-state index < -0.39 is 5.66 Å². The maximum absolute atomic E-state index is 10.5. The van der Waals surface area contributed by atoms with Gasteiger partial charge in [-0.2, -0.15) is 9.98 Å². The smallest absolute Gasteiger partial charge is 0.211 e. The number of carbonyl (C=O) groups excluding carboxylic acids is 2. The van der Waals surface area contributed by atoms with E-state index in [4.69, 9.17) is 0 Å². The van der Waals surface area contributed by atoms with Gasteiger partial charge in [-0.05, 0) is 55.8 Å². The molecule has 2 aliphatic carbocycles. The molecule has 0 radical (unpaired) electrons. The SMILES string of the molecule is CC1(C)CCCC(C2CCC(N=C=O)(N=C=O)CC2)C1. The van der Waals surface area contributed by atoms with Gasteiger partial charge < -0.3 is 0 Å². The van der Waals surface area contributed by atoms with Crippen molar-refractivity contribution in [3.8, 4) is 0 Å². The molecule has 0 amide bonds. The molecule has 1 unspecified atom stereocenters. The van der Waals surface area contributed by atoms with Gasteiger partial charge in [-0.3, -0.25) is 0 Å². The summed E-state index contributed by atoms with van der Waals surface area (Å²) in [6, 6.07) is 0. The molecule has 20 heavy (non-hydrogen) atoms. The average Bonchev–Trinajstić information content (AvgIpc) is 2.39. The van der Waals surface area contributed by atoms with Gasteiger partial charge in [-0.15, -0.1) is 0 Å². The molecule has 1 atom stereocenters. The van der Waals surface area contributed by atoms with Crippen molar-refractivity contribution in [2.24, 2.45) is 27.2 Å². The number of aliphatic imine (C=N–C) groups is 2. The fraction of sp³-hybridized carbons (Fsp3) is 0.875. The van der Waals surface area contributed by atoms with Gasteiger partial charge in [0.05, 0.1) is 0 Å². The predicted molar refractivity (Wildman–Crippen MR) is 76.7 cm³/mol. The molecule has 0 aromatic carbocycles. The summed E-state index contributed by atoms with van der Waals surface area (Å²) in [7, 11) is 0. The molecule has 2 rings (SSSR count). The largest absolute Gasteiger partial charge is 0.237 e. The zero-order valence-electron chi connectivity index (χ0n) is 12.5. The molecule has 0 N–H and O–H groups in total. The first-order valence-electron chi connectivity index (χ1n) is 7.68. The van der Waals surface area contributed by atoms with Crippen molar-refractivity contribution in [1.29, 1.82) is 0 Å². The van der Waals surface area contributed by atoms with Gasteiger partial charge in [0.15, 0.2) is 5.66 Å². The molecule has 2 saturated carbocycles. The van der Waals surface area contributed by atoms with E-state index in [1.54, 1.807) is 12.2 Å². The minimum absolute atomic E-state index is 0.458.